The first kappa shape index (κ1) is 16.5. The lowest BCUT2D eigenvalue weighted by atomic mass is 10.4. The fraction of sp³-hybridized carbons (Fsp3) is 0.714. The summed E-state index contributed by atoms with van der Waals surface area (Å²) in [6, 6.07) is 2.22. The van der Waals surface area contributed by atoms with E-state index in [0.29, 0.717) is 17.5 Å². The molecule has 6 nitrogen and oxygen atoms in total. The van der Waals surface area contributed by atoms with Gasteiger partial charge in [0, 0.05) is 38.1 Å². The van der Waals surface area contributed by atoms with Gasteiger partial charge in [-0.1, -0.05) is 6.92 Å². The molecule has 1 heterocycles. The van der Waals surface area contributed by atoms with Crippen LogP contribution in [0.4, 0.5) is 0 Å². The first-order chi connectivity index (χ1) is 9.97. The summed E-state index contributed by atoms with van der Waals surface area (Å²) in [5.74, 6) is 0. The molecule has 0 amide bonds. The average molecular weight is 315 g/mol. The van der Waals surface area contributed by atoms with E-state index in [0.717, 1.165) is 25.1 Å². The van der Waals surface area contributed by atoms with Crippen molar-refractivity contribution in [3.05, 3.63) is 18.0 Å². The fourth-order valence-electron chi connectivity index (χ4n) is 2.12. The predicted molar refractivity (Wildman–Crippen MR) is 81.7 cm³/mol. The zero-order chi connectivity index (χ0) is 15.5. The van der Waals surface area contributed by atoms with E-state index in [2.05, 4.69) is 14.6 Å². The first-order valence-corrected chi connectivity index (χ1v) is 8.90. The monoisotopic (exact) mass is 315 g/mol. The number of hydrogen-bond acceptors (Lipinski definition) is 4. The van der Waals surface area contributed by atoms with Crippen molar-refractivity contribution >= 4 is 10.0 Å². The molecule has 1 aliphatic rings. The van der Waals surface area contributed by atoms with Crippen molar-refractivity contribution < 1.29 is 13.2 Å². The van der Waals surface area contributed by atoms with E-state index in [1.807, 2.05) is 13.8 Å². The zero-order valence-corrected chi connectivity index (χ0v) is 13.7. The molecule has 7 heteroatoms. The number of nitrogens with zero attached hydrogens (tertiary/aromatic N) is 1. The molecule has 0 aliphatic heterocycles. The summed E-state index contributed by atoms with van der Waals surface area (Å²) in [7, 11) is -1.91. The molecular weight excluding hydrogens is 290 g/mol. The molecule has 1 saturated carbocycles. The van der Waals surface area contributed by atoms with Gasteiger partial charge in [0.15, 0.2) is 0 Å². The highest BCUT2D eigenvalue weighted by molar-refractivity contribution is 7.89. The molecule has 1 fully saturated rings. The molecule has 0 spiro atoms. The summed E-state index contributed by atoms with van der Waals surface area (Å²) >= 11 is 0. The molecular formula is C14H25N3O3S. The summed E-state index contributed by atoms with van der Waals surface area (Å²) in [5, 5.41) is 3.26. The Labute approximate surface area is 126 Å². The number of ether oxygens (including phenoxy) is 1. The number of hydrogen-bond donors (Lipinski definition) is 2. The molecule has 2 rings (SSSR count). The van der Waals surface area contributed by atoms with Crippen molar-refractivity contribution in [1.82, 2.24) is 14.6 Å². The van der Waals surface area contributed by atoms with E-state index in [1.54, 1.807) is 19.4 Å². The molecule has 21 heavy (non-hydrogen) atoms. The summed E-state index contributed by atoms with van der Waals surface area (Å²) < 4.78 is 34.4. The normalized spacial score (nSPS) is 17.1. The molecule has 1 aromatic rings. The maximum atomic E-state index is 12.3. The van der Waals surface area contributed by atoms with Gasteiger partial charge in [0.2, 0.25) is 10.0 Å². The van der Waals surface area contributed by atoms with Gasteiger partial charge in [0.05, 0.1) is 11.0 Å². The summed E-state index contributed by atoms with van der Waals surface area (Å²) in [6.45, 7) is 5.69. The van der Waals surface area contributed by atoms with E-state index in [9.17, 15) is 8.42 Å². The van der Waals surface area contributed by atoms with Crippen LogP contribution in [0.15, 0.2) is 17.2 Å². The Hall–Kier alpha value is -0.890. The van der Waals surface area contributed by atoms with Crippen LogP contribution in [0.3, 0.4) is 0 Å². The van der Waals surface area contributed by atoms with Crippen molar-refractivity contribution in [3.8, 4) is 0 Å². The lowest BCUT2D eigenvalue weighted by Gasteiger charge is -2.10. The summed E-state index contributed by atoms with van der Waals surface area (Å²) in [5.41, 5.74) is 1.03. The van der Waals surface area contributed by atoms with Crippen LogP contribution in [0.2, 0.25) is 0 Å². The molecule has 1 atom stereocenters. The molecule has 120 valence electrons. The van der Waals surface area contributed by atoms with E-state index in [1.165, 1.54) is 0 Å². The Kier molecular flexibility index (Phi) is 5.43. The van der Waals surface area contributed by atoms with Gasteiger partial charge in [0.25, 0.3) is 0 Å². The minimum absolute atomic E-state index is 0.147. The Morgan fingerprint density at radius 2 is 2.19 bits per heavy atom. The number of nitrogens with one attached hydrogen (secondary N) is 2. The first-order valence-electron chi connectivity index (χ1n) is 7.41. The Morgan fingerprint density at radius 1 is 1.48 bits per heavy atom. The van der Waals surface area contributed by atoms with Gasteiger partial charge in [-0.05, 0) is 32.4 Å². The second-order valence-electron chi connectivity index (χ2n) is 5.48. The highest BCUT2D eigenvalue weighted by atomic mass is 32.2. The van der Waals surface area contributed by atoms with E-state index < -0.39 is 10.0 Å². The Balaban J connectivity index is 2.14. The molecule has 0 saturated heterocycles. The van der Waals surface area contributed by atoms with Crippen molar-refractivity contribution in [1.29, 1.82) is 0 Å². The van der Waals surface area contributed by atoms with Gasteiger partial charge in [0.1, 0.15) is 0 Å². The number of sulfonamides is 1. The molecule has 0 aromatic carbocycles. The maximum Gasteiger partial charge on any atom is 0.242 e. The number of rotatable bonds is 9. The van der Waals surface area contributed by atoms with Crippen LogP contribution in [-0.4, -0.2) is 39.3 Å². The maximum absolute atomic E-state index is 12.3. The smallest absolute Gasteiger partial charge is 0.242 e. The second-order valence-corrected chi connectivity index (χ2v) is 7.25. The quantitative estimate of drug-likeness (QED) is 0.719. The standard InChI is InChI=1S/C14H25N3O3S/c1-4-15-9-13-7-14(10-17(13)12-5-6-12)21(18,19)16-8-11(2)20-3/h7,10-12,15-16H,4-6,8-9H2,1-3H3. The van der Waals surface area contributed by atoms with Crippen LogP contribution in [-0.2, 0) is 21.3 Å². The fourth-order valence-corrected chi connectivity index (χ4v) is 3.29. The molecule has 1 aromatic heterocycles. The molecule has 2 N–H and O–H groups in total. The van der Waals surface area contributed by atoms with Crippen LogP contribution < -0.4 is 10.0 Å². The minimum atomic E-state index is -3.48. The van der Waals surface area contributed by atoms with Gasteiger partial charge in [-0.3, -0.25) is 0 Å². The van der Waals surface area contributed by atoms with Crippen LogP contribution >= 0.6 is 0 Å². The van der Waals surface area contributed by atoms with Gasteiger partial charge in [-0.2, -0.15) is 0 Å². The molecule has 1 unspecified atom stereocenters. The van der Waals surface area contributed by atoms with E-state index >= 15 is 0 Å². The third-order valence-corrected chi connectivity index (χ3v) is 5.07. The van der Waals surface area contributed by atoms with Crippen molar-refractivity contribution in [2.45, 2.75) is 50.3 Å². The van der Waals surface area contributed by atoms with E-state index in [4.69, 9.17) is 4.74 Å². The van der Waals surface area contributed by atoms with Crippen molar-refractivity contribution in [2.75, 3.05) is 20.2 Å². The van der Waals surface area contributed by atoms with Gasteiger partial charge in [-0.15, -0.1) is 0 Å². The second kappa shape index (κ2) is 6.91. The highest BCUT2D eigenvalue weighted by Crippen LogP contribution is 2.37. The summed E-state index contributed by atoms with van der Waals surface area (Å²) in [4.78, 5) is 0.339. The predicted octanol–water partition coefficient (Wildman–Crippen LogP) is 1.25. The van der Waals surface area contributed by atoms with Gasteiger partial charge in [-0.25, -0.2) is 13.1 Å². The minimum Gasteiger partial charge on any atom is -0.380 e. The number of methoxy groups -OCH3 is 1. The SMILES string of the molecule is CCNCc1cc(S(=O)(=O)NCC(C)OC)cn1C1CC1. The van der Waals surface area contributed by atoms with Crippen molar-refractivity contribution in [3.63, 3.8) is 0 Å². The number of aromatic nitrogens is 1. The Bertz CT molecular complexity index is 564. The van der Waals surface area contributed by atoms with Gasteiger partial charge < -0.3 is 14.6 Å². The van der Waals surface area contributed by atoms with E-state index in [-0.39, 0.29) is 12.6 Å². The average Bonchev–Trinajstić information content (AvgIpc) is 3.22. The van der Waals surface area contributed by atoms with Crippen LogP contribution in [0.25, 0.3) is 0 Å². The van der Waals surface area contributed by atoms with Gasteiger partial charge >= 0.3 is 0 Å². The largest absolute Gasteiger partial charge is 0.380 e. The Morgan fingerprint density at radius 3 is 2.76 bits per heavy atom. The highest BCUT2D eigenvalue weighted by Gasteiger charge is 2.28. The van der Waals surface area contributed by atoms with Crippen LogP contribution in [0, 0.1) is 0 Å². The molecule has 0 radical (unpaired) electrons. The lowest BCUT2D eigenvalue weighted by Crippen LogP contribution is -2.31. The van der Waals surface area contributed by atoms with Crippen LogP contribution in [0.5, 0.6) is 0 Å². The van der Waals surface area contributed by atoms with Crippen LogP contribution in [0.1, 0.15) is 38.4 Å². The molecule has 0 bridgehead atoms. The summed E-state index contributed by atoms with van der Waals surface area (Å²) in [6.07, 6.45) is 3.86. The zero-order valence-electron chi connectivity index (χ0n) is 12.9. The third kappa shape index (κ3) is 4.29. The lowest BCUT2D eigenvalue weighted by molar-refractivity contribution is 0.122. The third-order valence-electron chi connectivity index (χ3n) is 3.68. The topological polar surface area (TPSA) is 72.4 Å². The van der Waals surface area contributed by atoms with Crippen molar-refractivity contribution in [2.24, 2.45) is 0 Å². The molecule has 1 aliphatic carbocycles.